The summed E-state index contributed by atoms with van der Waals surface area (Å²) >= 11 is 4.52. The Labute approximate surface area is 168 Å². The molecule has 10 heteroatoms. The highest BCUT2D eigenvalue weighted by Gasteiger charge is 2.34. The molecule has 0 fully saturated rings. The maximum atomic E-state index is 12.8. The van der Waals surface area contributed by atoms with Gasteiger partial charge in [0.2, 0.25) is 0 Å². The number of fused-ring (bicyclic) bond motifs is 1. The van der Waals surface area contributed by atoms with Crippen molar-refractivity contribution in [2.45, 2.75) is 17.2 Å². The number of carboxylic acid groups (broad SMARTS) is 1. The second-order valence-corrected chi connectivity index (χ2v) is 10.0. The summed E-state index contributed by atoms with van der Waals surface area (Å²) in [5.74, 6) is -1.17. The zero-order valence-corrected chi connectivity index (χ0v) is 17.1. The van der Waals surface area contributed by atoms with E-state index in [2.05, 4.69) is 21.0 Å². The number of hydrogen-bond acceptors (Lipinski definition) is 5. The standard InChI is InChI=1S/C17H14BrN3O4S2/c18-11-3-5-12(6-4-11)21-14-7-8-20(10-13(14)16(19-21)17(22)23)27(24,25)15-2-1-9-26-15/h1-6,9H,7-8,10H2,(H,22,23). The molecule has 0 amide bonds. The van der Waals surface area contributed by atoms with Crippen molar-refractivity contribution in [3.8, 4) is 5.69 Å². The lowest BCUT2D eigenvalue weighted by Crippen LogP contribution is -2.36. The minimum absolute atomic E-state index is 0.00622. The van der Waals surface area contributed by atoms with E-state index >= 15 is 0 Å². The number of benzene rings is 1. The Morgan fingerprint density at radius 1 is 1.22 bits per heavy atom. The van der Waals surface area contributed by atoms with Gasteiger partial charge in [-0.1, -0.05) is 22.0 Å². The fourth-order valence-corrected chi connectivity index (χ4v) is 5.92. The van der Waals surface area contributed by atoms with Crippen molar-refractivity contribution in [3.05, 3.63) is 63.2 Å². The average molecular weight is 468 g/mol. The number of halogens is 1. The lowest BCUT2D eigenvalue weighted by atomic mass is 10.1. The Morgan fingerprint density at radius 3 is 2.59 bits per heavy atom. The first kappa shape index (κ1) is 18.4. The summed E-state index contributed by atoms with van der Waals surface area (Å²) in [6, 6.07) is 10.6. The number of carboxylic acids is 1. The third-order valence-corrected chi connectivity index (χ3v) is 8.13. The van der Waals surface area contributed by atoms with Gasteiger partial charge in [0.25, 0.3) is 10.0 Å². The molecule has 27 heavy (non-hydrogen) atoms. The van der Waals surface area contributed by atoms with E-state index < -0.39 is 16.0 Å². The van der Waals surface area contributed by atoms with Crippen LogP contribution >= 0.6 is 27.3 Å². The third kappa shape index (κ3) is 3.22. The van der Waals surface area contributed by atoms with Gasteiger partial charge < -0.3 is 5.11 Å². The van der Waals surface area contributed by atoms with E-state index in [0.29, 0.717) is 12.0 Å². The number of carbonyl (C=O) groups is 1. The van der Waals surface area contributed by atoms with Crippen molar-refractivity contribution in [1.82, 2.24) is 14.1 Å². The number of aromatic nitrogens is 2. The molecule has 1 aromatic carbocycles. The number of hydrogen-bond donors (Lipinski definition) is 1. The Kier molecular flexibility index (Phi) is 4.66. The van der Waals surface area contributed by atoms with Crippen LogP contribution in [-0.4, -0.2) is 40.1 Å². The van der Waals surface area contributed by atoms with E-state index in [-0.39, 0.29) is 23.0 Å². The van der Waals surface area contributed by atoms with Crippen LogP contribution in [0.2, 0.25) is 0 Å². The van der Waals surface area contributed by atoms with Gasteiger partial charge in [-0.2, -0.15) is 9.40 Å². The molecule has 7 nitrogen and oxygen atoms in total. The molecule has 0 bridgehead atoms. The zero-order valence-electron chi connectivity index (χ0n) is 13.9. The first-order valence-corrected chi connectivity index (χ1v) is 11.1. The molecule has 1 N–H and O–H groups in total. The maximum absolute atomic E-state index is 12.8. The highest BCUT2D eigenvalue weighted by atomic mass is 79.9. The normalized spacial score (nSPS) is 14.9. The molecule has 0 spiro atoms. The van der Waals surface area contributed by atoms with E-state index in [1.165, 1.54) is 4.31 Å². The van der Waals surface area contributed by atoms with Gasteiger partial charge in [0, 0.05) is 29.5 Å². The Hall–Kier alpha value is -2.01. The van der Waals surface area contributed by atoms with Gasteiger partial charge in [-0.15, -0.1) is 11.3 Å². The summed E-state index contributed by atoms with van der Waals surface area (Å²) in [4.78, 5) is 11.7. The molecular weight excluding hydrogens is 454 g/mol. The molecule has 0 unspecified atom stereocenters. The summed E-state index contributed by atoms with van der Waals surface area (Å²) in [5.41, 5.74) is 1.79. The van der Waals surface area contributed by atoms with Crippen LogP contribution < -0.4 is 0 Å². The molecule has 0 saturated carbocycles. The second-order valence-electron chi connectivity index (χ2n) is 5.99. The average Bonchev–Trinajstić information content (AvgIpc) is 3.30. The monoisotopic (exact) mass is 467 g/mol. The van der Waals surface area contributed by atoms with E-state index in [9.17, 15) is 18.3 Å². The predicted octanol–water partition coefficient (Wildman–Crippen LogP) is 3.14. The molecule has 0 aliphatic carbocycles. The van der Waals surface area contributed by atoms with Crippen LogP contribution in [-0.2, 0) is 23.0 Å². The number of nitrogens with zero attached hydrogens (tertiary/aromatic N) is 3. The van der Waals surface area contributed by atoms with Crippen LogP contribution in [0, 0.1) is 0 Å². The Bertz CT molecular complexity index is 1110. The minimum atomic E-state index is -3.65. The molecule has 3 aromatic rings. The molecule has 4 rings (SSSR count). The molecule has 0 atom stereocenters. The van der Waals surface area contributed by atoms with Crippen LogP contribution in [0.3, 0.4) is 0 Å². The first-order valence-electron chi connectivity index (χ1n) is 8.01. The molecule has 140 valence electrons. The molecule has 1 aliphatic heterocycles. The van der Waals surface area contributed by atoms with E-state index in [1.54, 1.807) is 22.2 Å². The van der Waals surface area contributed by atoms with Crippen LogP contribution in [0.5, 0.6) is 0 Å². The van der Waals surface area contributed by atoms with Gasteiger partial charge in [0.1, 0.15) is 4.21 Å². The van der Waals surface area contributed by atoms with Crippen molar-refractivity contribution >= 4 is 43.3 Å². The van der Waals surface area contributed by atoms with Crippen molar-refractivity contribution in [1.29, 1.82) is 0 Å². The van der Waals surface area contributed by atoms with E-state index in [4.69, 9.17) is 0 Å². The summed E-state index contributed by atoms with van der Waals surface area (Å²) in [7, 11) is -3.65. The lowest BCUT2D eigenvalue weighted by molar-refractivity contribution is 0.0688. The fourth-order valence-electron chi connectivity index (χ4n) is 3.10. The first-order chi connectivity index (χ1) is 12.9. The van der Waals surface area contributed by atoms with Gasteiger partial charge in [-0.25, -0.2) is 17.9 Å². The lowest BCUT2D eigenvalue weighted by Gasteiger charge is -2.26. The Balaban J connectivity index is 1.77. The van der Waals surface area contributed by atoms with Crippen molar-refractivity contribution in [2.24, 2.45) is 0 Å². The molecule has 0 saturated heterocycles. The van der Waals surface area contributed by atoms with Crippen molar-refractivity contribution < 1.29 is 18.3 Å². The number of thiophene rings is 1. The number of sulfonamides is 1. The largest absolute Gasteiger partial charge is 0.476 e. The van der Waals surface area contributed by atoms with Gasteiger partial charge in [0.15, 0.2) is 5.69 Å². The van der Waals surface area contributed by atoms with Gasteiger partial charge >= 0.3 is 5.97 Å². The summed E-state index contributed by atoms with van der Waals surface area (Å²) in [5, 5.41) is 15.5. The Morgan fingerprint density at radius 2 is 1.96 bits per heavy atom. The molecule has 2 aromatic heterocycles. The third-order valence-electron chi connectivity index (χ3n) is 4.39. The summed E-state index contributed by atoms with van der Waals surface area (Å²) in [6.45, 7) is 0.266. The van der Waals surface area contributed by atoms with Crippen molar-refractivity contribution in [2.75, 3.05) is 6.54 Å². The number of aromatic carboxylic acids is 1. The van der Waals surface area contributed by atoms with Gasteiger partial charge in [-0.3, -0.25) is 0 Å². The van der Waals surface area contributed by atoms with Crippen LogP contribution in [0.25, 0.3) is 5.69 Å². The van der Waals surface area contributed by atoms with Gasteiger partial charge in [0.05, 0.1) is 11.4 Å². The number of rotatable bonds is 4. The molecule has 1 aliphatic rings. The second kappa shape index (κ2) is 6.86. The summed E-state index contributed by atoms with van der Waals surface area (Å²) < 4.78 is 29.7. The predicted molar refractivity (Wildman–Crippen MR) is 104 cm³/mol. The molecular formula is C17H14BrN3O4S2. The SMILES string of the molecule is O=C(O)c1nn(-c2ccc(Br)cc2)c2c1CN(S(=O)(=O)c1cccs1)CC2. The van der Waals surface area contributed by atoms with E-state index in [0.717, 1.165) is 27.2 Å². The minimum Gasteiger partial charge on any atom is -0.476 e. The van der Waals surface area contributed by atoms with Crippen LogP contribution in [0.1, 0.15) is 21.7 Å². The quantitative estimate of drug-likeness (QED) is 0.635. The van der Waals surface area contributed by atoms with E-state index in [1.807, 2.05) is 24.3 Å². The summed E-state index contributed by atoms with van der Waals surface area (Å²) in [6.07, 6.45) is 0.385. The maximum Gasteiger partial charge on any atom is 0.356 e. The zero-order chi connectivity index (χ0) is 19.2. The topological polar surface area (TPSA) is 92.5 Å². The van der Waals surface area contributed by atoms with Crippen molar-refractivity contribution in [3.63, 3.8) is 0 Å². The van der Waals surface area contributed by atoms with Crippen LogP contribution in [0.15, 0.2) is 50.5 Å². The van der Waals surface area contributed by atoms with Gasteiger partial charge in [-0.05, 0) is 35.7 Å². The highest BCUT2D eigenvalue weighted by molar-refractivity contribution is 9.10. The smallest absolute Gasteiger partial charge is 0.356 e. The fraction of sp³-hybridized carbons (Fsp3) is 0.176. The highest BCUT2D eigenvalue weighted by Crippen LogP contribution is 2.30. The van der Waals surface area contributed by atoms with Crippen LogP contribution in [0.4, 0.5) is 0 Å². The molecule has 3 heterocycles. The molecule has 0 radical (unpaired) electrons.